The number of hydrogen-bond donors (Lipinski definition) is 2. The molecule has 2 aromatic rings. The predicted molar refractivity (Wildman–Crippen MR) is 92.9 cm³/mol. The number of halogens is 2. The molecule has 4 nitrogen and oxygen atoms in total. The summed E-state index contributed by atoms with van der Waals surface area (Å²) in [6, 6.07) is 12.7. The second-order valence-electron chi connectivity index (χ2n) is 4.57. The van der Waals surface area contributed by atoms with Gasteiger partial charge in [-0.1, -0.05) is 45.7 Å². The zero-order chi connectivity index (χ0) is 15.9. The third-order valence-electron chi connectivity index (χ3n) is 3.05. The summed E-state index contributed by atoms with van der Waals surface area (Å²) < 4.78 is 6.22. The van der Waals surface area contributed by atoms with Gasteiger partial charge >= 0.3 is 6.03 Å². The maximum absolute atomic E-state index is 11.9. The van der Waals surface area contributed by atoms with Crippen molar-refractivity contribution in [3.8, 4) is 5.75 Å². The van der Waals surface area contributed by atoms with E-state index in [1.807, 2.05) is 24.3 Å². The molecular formula is C16H16BrClN2O2. The minimum absolute atomic E-state index is 0.298. The van der Waals surface area contributed by atoms with Crippen molar-refractivity contribution in [2.75, 3.05) is 19.0 Å². The van der Waals surface area contributed by atoms with Crippen LogP contribution in [0.1, 0.15) is 5.56 Å². The number of rotatable bonds is 5. The van der Waals surface area contributed by atoms with Gasteiger partial charge in [0, 0.05) is 16.0 Å². The Kier molecular flexibility index (Phi) is 6.10. The molecule has 22 heavy (non-hydrogen) atoms. The molecule has 0 atom stereocenters. The maximum atomic E-state index is 11.9. The van der Waals surface area contributed by atoms with Crippen molar-refractivity contribution < 1.29 is 9.53 Å². The van der Waals surface area contributed by atoms with Gasteiger partial charge in [0.25, 0.3) is 0 Å². The van der Waals surface area contributed by atoms with E-state index in [1.54, 1.807) is 25.3 Å². The van der Waals surface area contributed by atoms with Gasteiger partial charge in [0.15, 0.2) is 0 Å². The highest BCUT2D eigenvalue weighted by molar-refractivity contribution is 9.10. The van der Waals surface area contributed by atoms with Crippen molar-refractivity contribution in [3.63, 3.8) is 0 Å². The Balaban J connectivity index is 1.88. The van der Waals surface area contributed by atoms with Gasteiger partial charge in [-0.15, -0.1) is 0 Å². The number of methoxy groups -OCH3 is 1. The zero-order valence-corrected chi connectivity index (χ0v) is 14.4. The highest BCUT2D eigenvalue weighted by Crippen LogP contribution is 2.27. The van der Waals surface area contributed by atoms with E-state index in [0.29, 0.717) is 23.0 Å². The van der Waals surface area contributed by atoms with Gasteiger partial charge in [0.05, 0.1) is 12.8 Å². The molecule has 6 heteroatoms. The largest absolute Gasteiger partial charge is 0.495 e. The van der Waals surface area contributed by atoms with E-state index in [4.69, 9.17) is 16.3 Å². The van der Waals surface area contributed by atoms with Gasteiger partial charge in [0.1, 0.15) is 5.75 Å². The van der Waals surface area contributed by atoms with Gasteiger partial charge in [-0.3, -0.25) is 0 Å². The molecule has 0 saturated heterocycles. The van der Waals surface area contributed by atoms with Crippen LogP contribution in [0.5, 0.6) is 5.75 Å². The number of ether oxygens (including phenoxy) is 1. The van der Waals surface area contributed by atoms with E-state index in [2.05, 4.69) is 26.6 Å². The standard InChI is InChI=1S/C16H16BrClN2O2/c1-22-15-7-6-12(18)10-14(15)20-16(21)19-9-8-11-4-2-3-5-13(11)17/h2-7,10H,8-9H2,1H3,(H2,19,20,21). The molecule has 2 amide bonds. The first-order valence-corrected chi connectivity index (χ1v) is 7.89. The monoisotopic (exact) mass is 382 g/mol. The number of benzene rings is 2. The fourth-order valence-electron chi connectivity index (χ4n) is 1.96. The Bertz CT molecular complexity index is 664. The van der Waals surface area contributed by atoms with Gasteiger partial charge in [-0.2, -0.15) is 0 Å². The summed E-state index contributed by atoms with van der Waals surface area (Å²) in [4.78, 5) is 11.9. The van der Waals surface area contributed by atoms with Crippen LogP contribution in [0.25, 0.3) is 0 Å². The number of carbonyl (C=O) groups is 1. The lowest BCUT2D eigenvalue weighted by Crippen LogP contribution is -2.30. The fraction of sp³-hybridized carbons (Fsp3) is 0.188. The Labute approximate surface area is 142 Å². The lowest BCUT2D eigenvalue weighted by Gasteiger charge is -2.12. The summed E-state index contributed by atoms with van der Waals surface area (Å²) in [5.74, 6) is 0.561. The summed E-state index contributed by atoms with van der Waals surface area (Å²) in [5.41, 5.74) is 1.68. The van der Waals surface area contributed by atoms with E-state index in [0.717, 1.165) is 16.5 Å². The number of anilines is 1. The fourth-order valence-corrected chi connectivity index (χ4v) is 2.61. The molecule has 0 heterocycles. The molecule has 0 spiro atoms. The number of carbonyl (C=O) groups excluding carboxylic acids is 1. The van der Waals surface area contributed by atoms with Crippen LogP contribution in [-0.4, -0.2) is 19.7 Å². The quantitative estimate of drug-likeness (QED) is 0.800. The molecule has 116 valence electrons. The zero-order valence-electron chi connectivity index (χ0n) is 12.0. The first-order valence-electron chi connectivity index (χ1n) is 6.72. The normalized spacial score (nSPS) is 10.1. The molecule has 0 bridgehead atoms. The van der Waals surface area contributed by atoms with Gasteiger partial charge in [0.2, 0.25) is 0 Å². The average molecular weight is 384 g/mol. The topological polar surface area (TPSA) is 50.4 Å². The van der Waals surface area contributed by atoms with Crippen LogP contribution < -0.4 is 15.4 Å². The summed E-state index contributed by atoms with van der Waals surface area (Å²) in [6.07, 6.45) is 0.738. The Morgan fingerprint density at radius 2 is 2.05 bits per heavy atom. The van der Waals surface area contributed by atoms with Gasteiger partial charge < -0.3 is 15.4 Å². The van der Waals surface area contributed by atoms with Crippen molar-refractivity contribution in [2.24, 2.45) is 0 Å². The Morgan fingerprint density at radius 3 is 2.77 bits per heavy atom. The van der Waals surface area contributed by atoms with E-state index >= 15 is 0 Å². The number of hydrogen-bond acceptors (Lipinski definition) is 2. The van der Waals surface area contributed by atoms with Crippen molar-refractivity contribution in [3.05, 3.63) is 57.5 Å². The third kappa shape index (κ3) is 4.64. The summed E-state index contributed by atoms with van der Waals surface area (Å²) in [5, 5.41) is 6.07. The van der Waals surface area contributed by atoms with Crippen molar-refractivity contribution in [2.45, 2.75) is 6.42 Å². The minimum Gasteiger partial charge on any atom is -0.495 e. The van der Waals surface area contributed by atoms with Gasteiger partial charge in [-0.05, 0) is 36.2 Å². The lowest BCUT2D eigenvalue weighted by atomic mass is 10.1. The molecule has 0 unspecified atom stereocenters. The summed E-state index contributed by atoms with van der Waals surface area (Å²) >= 11 is 9.41. The van der Waals surface area contributed by atoms with Crippen molar-refractivity contribution in [1.29, 1.82) is 0 Å². The smallest absolute Gasteiger partial charge is 0.319 e. The molecule has 2 N–H and O–H groups in total. The van der Waals surface area contributed by atoms with Crippen LogP contribution in [0, 0.1) is 0 Å². The molecular weight excluding hydrogens is 368 g/mol. The minimum atomic E-state index is -0.298. The van der Waals surface area contributed by atoms with Crippen LogP contribution in [0.3, 0.4) is 0 Å². The average Bonchev–Trinajstić information content (AvgIpc) is 2.49. The molecule has 0 radical (unpaired) electrons. The maximum Gasteiger partial charge on any atom is 0.319 e. The molecule has 0 saturated carbocycles. The first kappa shape index (κ1) is 16.6. The van der Waals surface area contributed by atoms with Gasteiger partial charge in [-0.25, -0.2) is 4.79 Å². The Morgan fingerprint density at radius 1 is 1.27 bits per heavy atom. The van der Waals surface area contributed by atoms with E-state index in [-0.39, 0.29) is 6.03 Å². The van der Waals surface area contributed by atoms with E-state index < -0.39 is 0 Å². The van der Waals surface area contributed by atoms with Crippen molar-refractivity contribution in [1.82, 2.24) is 5.32 Å². The summed E-state index contributed by atoms with van der Waals surface area (Å²) in [7, 11) is 1.54. The summed E-state index contributed by atoms with van der Waals surface area (Å²) in [6.45, 7) is 0.525. The lowest BCUT2D eigenvalue weighted by molar-refractivity contribution is 0.252. The number of amides is 2. The molecule has 0 aliphatic rings. The molecule has 0 aliphatic carbocycles. The molecule has 0 fully saturated rings. The van der Waals surface area contributed by atoms with Crippen LogP contribution in [0.15, 0.2) is 46.9 Å². The van der Waals surface area contributed by atoms with Crippen LogP contribution >= 0.6 is 27.5 Å². The van der Waals surface area contributed by atoms with Crippen LogP contribution in [-0.2, 0) is 6.42 Å². The van der Waals surface area contributed by atoms with Crippen LogP contribution in [0.2, 0.25) is 5.02 Å². The Hall–Kier alpha value is -1.72. The highest BCUT2D eigenvalue weighted by atomic mass is 79.9. The highest BCUT2D eigenvalue weighted by Gasteiger charge is 2.08. The van der Waals surface area contributed by atoms with Crippen LogP contribution in [0.4, 0.5) is 10.5 Å². The second-order valence-corrected chi connectivity index (χ2v) is 5.86. The van der Waals surface area contributed by atoms with E-state index in [1.165, 1.54) is 0 Å². The number of urea groups is 1. The predicted octanol–water partition coefficient (Wildman–Crippen LogP) is 4.48. The molecule has 0 aliphatic heterocycles. The van der Waals surface area contributed by atoms with Crippen molar-refractivity contribution >= 4 is 39.2 Å². The van der Waals surface area contributed by atoms with E-state index in [9.17, 15) is 4.79 Å². The number of nitrogens with one attached hydrogen (secondary N) is 2. The first-order chi connectivity index (χ1) is 10.6. The SMILES string of the molecule is COc1ccc(Cl)cc1NC(=O)NCCc1ccccc1Br. The second kappa shape index (κ2) is 8.06. The molecule has 2 rings (SSSR count). The molecule has 0 aromatic heterocycles. The third-order valence-corrected chi connectivity index (χ3v) is 4.06. The molecule has 2 aromatic carbocycles.